The van der Waals surface area contributed by atoms with Gasteiger partial charge in [-0.05, 0) is 42.2 Å². The van der Waals surface area contributed by atoms with E-state index in [4.69, 9.17) is 4.74 Å². The number of benzene rings is 2. The van der Waals surface area contributed by atoms with Crippen LogP contribution in [0.4, 0.5) is 4.39 Å². The third-order valence-electron chi connectivity index (χ3n) is 5.93. The smallest absolute Gasteiger partial charge is 0.372 e. The molecule has 0 spiro atoms. The molecule has 2 aromatic carbocycles. The first kappa shape index (κ1) is 23.3. The van der Waals surface area contributed by atoms with Crippen LogP contribution in [0.3, 0.4) is 0 Å². The standard InChI is InChI=1S/C25H27FN2O4/c1-31-24(30)11-8-20-4-2-3-5-22(20)32-17-23(29)28-14-12-25(18-27,13-15-28)16-19-6-9-21(26)10-7-19/h2-7,9-10H,8,11-17H2,1H3/p+1. The third-order valence-corrected chi connectivity index (χ3v) is 5.93. The van der Waals surface area contributed by atoms with Gasteiger partial charge in [0.15, 0.2) is 0 Å². The molecule has 1 N–H and O–H groups in total. The van der Waals surface area contributed by atoms with Crippen molar-refractivity contribution >= 4 is 11.9 Å². The number of aliphatic hydroxyl groups excluding tert-OH is 1. The summed E-state index contributed by atoms with van der Waals surface area (Å²) in [4.78, 5) is 11.4. The maximum absolute atomic E-state index is 13.2. The molecule has 0 aromatic heterocycles. The summed E-state index contributed by atoms with van der Waals surface area (Å²) in [5.41, 5.74) is 1.27. The predicted octanol–water partition coefficient (Wildman–Crippen LogP) is 3.83. The fourth-order valence-corrected chi connectivity index (χ4v) is 3.94. The van der Waals surface area contributed by atoms with Gasteiger partial charge in [0, 0.05) is 19.3 Å². The van der Waals surface area contributed by atoms with Crippen molar-refractivity contribution in [2.45, 2.75) is 32.1 Å². The van der Waals surface area contributed by atoms with Crippen LogP contribution in [0.1, 0.15) is 30.4 Å². The molecule has 0 unspecified atom stereocenters. The van der Waals surface area contributed by atoms with E-state index < -0.39 is 5.41 Å². The van der Waals surface area contributed by atoms with Crippen LogP contribution in [-0.2, 0) is 22.4 Å². The van der Waals surface area contributed by atoms with Crippen LogP contribution < -0.4 is 4.74 Å². The van der Waals surface area contributed by atoms with Gasteiger partial charge in [-0.3, -0.25) is 4.79 Å². The van der Waals surface area contributed by atoms with Crippen molar-refractivity contribution in [2.75, 3.05) is 26.8 Å². The highest BCUT2D eigenvalue weighted by Gasteiger charge is 2.38. The number of hydrogen-bond donors (Lipinski definition) is 1. The lowest BCUT2D eigenvalue weighted by Crippen LogP contribution is -2.39. The fraction of sp³-hybridized carbons (Fsp3) is 0.400. The third kappa shape index (κ3) is 6.07. The Hall–Kier alpha value is -3.40. The number of aryl methyl sites for hydroxylation is 1. The molecule has 1 saturated heterocycles. The number of aliphatic hydroxyl groups is 1. The second kappa shape index (κ2) is 10.8. The number of rotatable bonds is 8. The quantitative estimate of drug-likeness (QED) is 0.384. The van der Waals surface area contributed by atoms with Gasteiger partial charge in [-0.25, -0.2) is 4.39 Å². The van der Waals surface area contributed by atoms with Crippen molar-refractivity contribution in [3.8, 4) is 11.8 Å². The van der Waals surface area contributed by atoms with Crippen LogP contribution in [0, 0.1) is 22.6 Å². The molecular weight excluding hydrogens is 411 g/mol. The molecule has 0 saturated carbocycles. The van der Waals surface area contributed by atoms with E-state index in [0.717, 1.165) is 11.1 Å². The zero-order valence-corrected chi connectivity index (χ0v) is 18.2. The number of halogens is 1. The van der Waals surface area contributed by atoms with E-state index in [0.29, 0.717) is 44.5 Å². The highest BCUT2D eigenvalue weighted by Crippen LogP contribution is 2.33. The molecule has 1 aliphatic heterocycles. The van der Waals surface area contributed by atoms with Crippen molar-refractivity contribution in [1.29, 1.82) is 5.26 Å². The van der Waals surface area contributed by atoms with Gasteiger partial charge in [-0.15, -0.1) is 0 Å². The van der Waals surface area contributed by atoms with E-state index in [1.165, 1.54) is 19.2 Å². The fourth-order valence-electron chi connectivity index (χ4n) is 3.94. The van der Waals surface area contributed by atoms with Crippen molar-refractivity contribution in [3.05, 3.63) is 65.5 Å². The minimum Gasteiger partial charge on any atom is -0.478 e. The Morgan fingerprint density at radius 3 is 2.53 bits per heavy atom. The number of ether oxygens (including phenoxy) is 2. The van der Waals surface area contributed by atoms with Crippen LogP contribution in [0.5, 0.6) is 5.75 Å². The van der Waals surface area contributed by atoms with E-state index in [1.807, 2.05) is 22.8 Å². The van der Waals surface area contributed by atoms with Gasteiger partial charge in [0.25, 0.3) is 0 Å². The Labute approximate surface area is 187 Å². The van der Waals surface area contributed by atoms with E-state index in [1.54, 1.807) is 18.2 Å². The second-order valence-electron chi connectivity index (χ2n) is 8.07. The molecule has 7 heteroatoms. The maximum Gasteiger partial charge on any atom is 0.372 e. The summed E-state index contributed by atoms with van der Waals surface area (Å²) >= 11 is 0. The van der Waals surface area contributed by atoms with E-state index >= 15 is 0 Å². The minimum absolute atomic E-state index is 0.00670. The van der Waals surface area contributed by atoms with Crippen LogP contribution in [0.15, 0.2) is 48.5 Å². The summed E-state index contributed by atoms with van der Waals surface area (Å²) in [5.74, 6) is 0.147. The number of nitrogens with zero attached hydrogens (tertiary/aromatic N) is 2. The van der Waals surface area contributed by atoms with Crippen LogP contribution in [0.25, 0.3) is 0 Å². The molecule has 1 aliphatic rings. The zero-order chi connectivity index (χ0) is 23.0. The van der Waals surface area contributed by atoms with Gasteiger partial charge < -0.3 is 14.6 Å². The van der Waals surface area contributed by atoms with Crippen molar-refractivity contribution in [3.63, 3.8) is 0 Å². The molecule has 0 aliphatic carbocycles. The topological polar surface area (TPSA) is 82.6 Å². The average Bonchev–Trinajstić information content (AvgIpc) is 2.83. The number of piperidine rings is 1. The minimum atomic E-state index is -0.532. The monoisotopic (exact) mass is 439 g/mol. The Morgan fingerprint density at radius 2 is 1.88 bits per heavy atom. The Bertz CT molecular complexity index is 1000. The Balaban J connectivity index is 1.59. The Kier molecular flexibility index (Phi) is 7.82. The molecule has 0 bridgehead atoms. The molecule has 0 atom stereocenters. The number of carbonyl (C=O) groups is 1. The summed E-state index contributed by atoms with van der Waals surface area (Å²) in [5, 5.41) is 20.4. The van der Waals surface area contributed by atoms with Crippen molar-refractivity contribution in [1.82, 2.24) is 0 Å². The molecule has 168 valence electrons. The molecule has 3 rings (SSSR count). The number of esters is 1. The predicted molar refractivity (Wildman–Crippen MR) is 117 cm³/mol. The Morgan fingerprint density at radius 1 is 1.19 bits per heavy atom. The normalized spacial score (nSPS) is 18.0. The van der Waals surface area contributed by atoms with Gasteiger partial charge in [0.2, 0.25) is 6.61 Å². The largest absolute Gasteiger partial charge is 0.478 e. The van der Waals surface area contributed by atoms with E-state index in [9.17, 15) is 19.6 Å². The first-order chi connectivity index (χ1) is 15.4. The molecule has 0 amide bonds. The maximum atomic E-state index is 13.2. The number of methoxy groups -OCH3 is 1. The lowest BCUT2D eigenvalue weighted by atomic mass is 9.75. The van der Waals surface area contributed by atoms with Crippen molar-refractivity contribution < 1.29 is 28.3 Å². The lowest BCUT2D eigenvalue weighted by molar-refractivity contribution is -0.552. The molecular formula is C25H28FN2O4+. The summed E-state index contributed by atoms with van der Waals surface area (Å²) < 4.78 is 25.5. The van der Waals surface area contributed by atoms with Gasteiger partial charge in [0.1, 0.15) is 24.7 Å². The van der Waals surface area contributed by atoms with Crippen LogP contribution >= 0.6 is 0 Å². The summed E-state index contributed by atoms with van der Waals surface area (Å²) in [6, 6.07) is 16.1. The SMILES string of the molecule is COC(=O)CCc1ccccc1OCC(O)=[N+]1CCC(C#N)(Cc2ccc(F)cc2)CC1. The molecule has 1 fully saturated rings. The summed E-state index contributed by atoms with van der Waals surface area (Å²) in [7, 11) is 1.36. The first-order valence-electron chi connectivity index (χ1n) is 10.7. The number of para-hydroxylation sites is 1. The summed E-state index contributed by atoms with van der Waals surface area (Å²) in [6.07, 6.45) is 2.49. The van der Waals surface area contributed by atoms with Gasteiger partial charge >= 0.3 is 11.9 Å². The van der Waals surface area contributed by atoms with Gasteiger partial charge in [-0.1, -0.05) is 30.3 Å². The zero-order valence-electron chi connectivity index (χ0n) is 18.2. The van der Waals surface area contributed by atoms with E-state index in [-0.39, 0.29) is 30.7 Å². The van der Waals surface area contributed by atoms with Gasteiger partial charge in [-0.2, -0.15) is 9.84 Å². The number of nitriles is 1. The summed E-state index contributed by atoms with van der Waals surface area (Å²) in [6.45, 7) is 1.08. The first-order valence-corrected chi connectivity index (χ1v) is 10.7. The highest BCUT2D eigenvalue weighted by molar-refractivity contribution is 5.70. The van der Waals surface area contributed by atoms with Crippen LogP contribution in [0.2, 0.25) is 0 Å². The molecule has 1 heterocycles. The lowest BCUT2D eigenvalue weighted by Gasteiger charge is -2.29. The average molecular weight is 440 g/mol. The molecule has 32 heavy (non-hydrogen) atoms. The number of carbonyl (C=O) groups excluding carboxylic acids is 1. The highest BCUT2D eigenvalue weighted by atomic mass is 19.1. The van der Waals surface area contributed by atoms with Crippen molar-refractivity contribution in [2.24, 2.45) is 5.41 Å². The van der Waals surface area contributed by atoms with Gasteiger partial charge in [0.05, 0.1) is 18.6 Å². The van der Waals surface area contributed by atoms with E-state index in [2.05, 4.69) is 10.8 Å². The number of hydrogen-bond acceptors (Lipinski definition) is 4. The van der Waals surface area contributed by atoms with Crippen LogP contribution in [-0.4, -0.2) is 48.4 Å². The molecule has 2 aromatic rings. The molecule has 6 nitrogen and oxygen atoms in total. The second-order valence-corrected chi connectivity index (χ2v) is 8.07. The molecule has 0 radical (unpaired) electrons.